The minimum Gasteiger partial charge on any atom is -0.271 e. The van der Waals surface area contributed by atoms with Crippen LogP contribution in [0.4, 0.5) is 0 Å². The van der Waals surface area contributed by atoms with Gasteiger partial charge in [-0.15, -0.1) is 0 Å². The molecule has 0 bridgehead atoms. The monoisotopic (exact) mass is 231 g/mol. The zero-order valence-electron chi connectivity index (χ0n) is 9.13. The van der Waals surface area contributed by atoms with E-state index < -0.39 is 8.15 Å². The van der Waals surface area contributed by atoms with Crippen molar-refractivity contribution in [1.82, 2.24) is 5.48 Å². The molecule has 0 saturated heterocycles. The SMILES string of the molecule is CNOP(c1ccccc1)c1ccccc1. The average molecular weight is 231 g/mol. The first-order valence-electron chi connectivity index (χ1n) is 5.16. The van der Waals surface area contributed by atoms with E-state index in [9.17, 15) is 0 Å². The Labute approximate surface area is 97.1 Å². The highest BCUT2D eigenvalue weighted by Gasteiger charge is 2.13. The Morgan fingerprint density at radius 2 is 1.25 bits per heavy atom. The van der Waals surface area contributed by atoms with Gasteiger partial charge in [0.25, 0.3) is 0 Å². The smallest absolute Gasteiger partial charge is 0.117 e. The molecule has 0 fully saturated rings. The van der Waals surface area contributed by atoms with Crippen molar-refractivity contribution in [3.8, 4) is 0 Å². The quantitative estimate of drug-likeness (QED) is 0.643. The first-order chi connectivity index (χ1) is 7.92. The largest absolute Gasteiger partial charge is 0.271 e. The third kappa shape index (κ3) is 2.67. The second-order valence-electron chi connectivity index (χ2n) is 3.26. The number of hydrogen-bond donors (Lipinski definition) is 1. The van der Waals surface area contributed by atoms with E-state index in [4.69, 9.17) is 4.62 Å². The second-order valence-corrected chi connectivity index (χ2v) is 5.07. The van der Waals surface area contributed by atoms with Crippen LogP contribution in [-0.4, -0.2) is 7.05 Å². The fourth-order valence-electron chi connectivity index (χ4n) is 1.47. The summed E-state index contributed by atoms with van der Waals surface area (Å²) in [4.78, 5) is 0. The molecular formula is C13H14NOP. The predicted octanol–water partition coefficient (Wildman–Crippen LogP) is 2.19. The number of hydrogen-bond acceptors (Lipinski definition) is 2. The zero-order chi connectivity index (χ0) is 11.2. The van der Waals surface area contributed by atoms with Gasteiger partial charge in [0.15, 0.2) is 0 Å². The first-order valence-corrected chi connectivity index (χ1v) is 6.41. The summed E-state index contributed by atoms with van der Waals surface area (Å²) in [7, 11) is 1.03. The van der Waals surface area contributed by atoms with Crippen molar-refractivity contribution in [1.29, 1.82) is 0 Å². The van der Waals surface area contributed by atoms with E-state index in [1.165, 1.54) is 10.6 Å². The number of benzene rings is 2. The van der Waals surface area contributed by atoms with Gasteiger partial charge in [-0.25, -0.2) is 5.48 Å². The van der Waals surface area contributed by atoms with Crippen molar-refractivity contribution in [3.63, 3.8) is 0 Å². The lowest BCUT2D eigenvalue weighted by Crippen LogP contribution is -2.18. The van der Waals surface area contributed by atoms with Crippen LogP contribution in [0.3, 0.4) is 0 Å². The van der Waals surface area contributed by atoms with Crippen molar-refractivity contribution >= 4 is 18.8 Å². The molecule has 0 unspecified atom stereocenters. The molecule has 3 heteroatoms. The molecule has 82 valence electrons. The summed E-state index contributed by atoms with van der Waals surface area (Å²) in [5.41, 5.74) is 2.79. The minimum absolute atomic E-state index is 0.762. The fourth-order valence-corrected chi connectivity index (χ4v) is 3.05. The van der Waals surface area contributed by atoms with Crippen molar-refractivity contribution in [2.24, 2.45) is 0 Å². The Kier molecular flexibility index (Phi) is 4.06. The third-order valence-corrected chi connectivity index (χ3v) is 4.06. The summed E-state index contributed by atoms with van der Waals surface area (Å²) in [5.74, 6) is 0. The lowest BCUT2D eigenvalue weighted by Gasteiger charge is -2.16. The molecule has 0 radical (unpaired) electrons. The van der Waals surface area contributed by atoms with Gasteiger partial charge in [-0.2, -0.15) is 0 Å². The molecule has 0 saturated carbocycles. The van der Waals surface area contributed by atoms with Crippen LogP contribution < -0.4 is 16.1 Å². The van der Waals surface area contributed by atoms with Crippen LogP contribution in [0.25, 0.3) is 0 Å². The summed E-state index contributed by atoms with van der Waals surface area (Å²) in [6.07, 6.45) is 0. The summed E-state index contributed by atoms with van der Waals surface area (Å²) >= 11 is 0. The van der Waals surface area contributed by atoms with Crippen LogP contribution in [0.1, 0.15) is 0 Å². The van der Waals surface area contributed by atoms with Crippen LogP contribution in [0.15, 0.2) is 60.7 Å². The van der Waals surface area contributed by atoms with Crippen molar-refractivity contribution in [2.75, 3.05) is 7.05 Å². The Balaban J connectivity index is 2.31. The minimum atomic E-state index is -0.762. The Bertz CT molecular complexity index is 379. The van der Waals surface area contributed by atoms with Crippen molar-refractivity contribution in [2.45, 2.75) is 0 Å². The molecule has 0 aliphatic rings. The number of hydroxylamine groups is 1. The second kappa shape index (κ2) is 5.76. The van der Waals surface area contributed by atoms with Crippen LogP contribution in [0.5, 0.6) is 0 Å². The molecule has 2 rings (SSSR count). The van der Waals surface area contributed by atoms with Crippen LogP contribution in [0.2, 0.25) is 0 Å². The highest BCUT2D eigenvalue weighted by atomic mass is 31.1. The van der Waals surface area contributed by atoms with Gasteiger partial charge in [-0.1, -0.05) is 60.7 Å². The van der Waals surface area contributed by atoms with E-state index >= 15 is 0 Å². The molecule has 0 atom stereocenters. The highest BCUT2D eigenvalue weighted by molar-refractivity contribution is 7.68. The molecule has 0 heterocycles. The molecule has 0 aromatic heterocycles. The van der Waals surface area contributed by atoms with Gasteiger partial charge in [0.1, 0.15) is 8.15 Å². The van der Waals surface area contributed by atoms with Gasteiger partial charge in [-0.3, -0.25) is 4.62 Å². The number of rotatable bonds is 4. The summed E-state index contributed by atoms with van der Waals surface area (Å²) < 4.78 is 5.63. The molecule has 2 nitrogen and oxygen atoms in total. The standard InChI is InChI=1S/C13H14NOP/c1-14-15-16(12-8-4-2-5-9-12)13-10-6-3-7-11-13/h2-11,14H,1H3. The predicted molar refractivity (Wildman–Crippen MR) is 69.2 cm³/mol. The van der Waals surface area contributed by atoms with Gasteiger partial charge >= 0.3 is 0 Å². The maximum atomic E-state index is 5.63. The van der Waals surface area contributed by atoms with E-state index in [2.05, 4.69) is 29.7 Å². The zero-order valence-corrected chi connectivity index (χ0v) is 10.0. The molecule has 16 heavy (non-hydrogen) atoms. The number of nitrogens with one attached hydrogen (secondary N) is 1. The van der Waals surface area contributed by atoms with Gasteiger partial charge < -0.3 is 0 Å². The Morgan fingerprint density at radius 3 is 1.62 bits per heavy atom. The topological polar surface area (TPSA) is 21.3 Å². The van der Waals surface area contributed by atoms with Gasteiger partial charge in [0.05, 0.1) is 0 Å². The maximum absolute atomic E-state index is 5.63. The van der Waals surface area contributed by atoms with E-state index in [1.807, 2.05) is 36.4 Å². The summed E-state index contributed by atoms with van der Waals surface area (Å²) in [6, 6.07) is 20.5. The molecule has 1 N–H and O–H groups in total. The van der Waals surface area contributed by atoms with E-state index in [0.29, 0.717) is 0 Å². The summed E-state index contributed by atoms with van der Waals surface area (Å²) in [5, 5.41) is 2.41. The molecular weight excluding hydrogens is 217 g/mol. The van der Waals surface area contributed by atoms with Crippen molar-refractivity contribution < 1.29 is 4.62 Å². The lowest BCUT2D eigenvalue weighted by atomic mass is 10.4. The van der Waals surface area contributed by atoms with Crippen molar-refractivity contribution in [3.05, 3.63) is 60.7 Å². The van der Waals surface area contributed by atoms with E-state index in [1.54, 1.807) is 7.05 Å². The van der Waals surface area contributed by atoms with E-state index in [0.717, 1.165) is 0 Å². The van der Waals surface area contributed by atoms with E-state index in [-0.39, 0.29) is 0 Å². The Hall–Kier alpha value is -1.21. The molecule has 0 aliphatic heterocycles. The van der Waals surface area contributed by atoms with Gasteiger partial charge in [0.2, 0.25) is 0 Å². The first kappa shape index (κ1) is 11.3. The van der Waals surface area contributed by atoms with Crippen LogP contribution >= 0.6 is 8.15 Å². The normalized spacial score (nSPS) is 10.6. The molecule has 0 amide bonds. The summed E-state index contributed by atoms with van der Waals surface area (Å²) in [6.45, 7) is 0. The Morgan fingerprint density at radius 1 is 0.812 bits per heavy atom. The fraction of sp³-hybridized carbons (Fsp3) is 0.0769. The van der Waals surface area contributed by atoms with Crippen LogP contribution in [-0.2, 0) is 4.62 Å². The lowest BCUT2D eigenvalue weighted by molar-refractivity contribution is 0.259. The van der Waals surface area contributed by atoms with Gasteiger partial charge in [0, 0.05) is 17.7 Å². The highest BCUT2D eigenvalue weighted by Crippen LogP contribution is 2.32. The molecule has 2 aromatic carbocycles. The molecule has 2 aromatic rings. The maximum Gasteiger partial charge on any atom is 0.117 e. The van der Waals surface area contributed by atoms with Gasteiger partial charge in [-0.05, 0) is 0 Å². The van der Waals surface area contributed by atoms with Crippen LogP contribution in [0, 0.1) is 0 Å². The average Bonchev–Trinajstić information content (AvgIpc) is 2.38. The molecule has 0 aliphatic carbocycles. The molecule has 0 spiro atoms. The third-order valence-electron chi connectivity index (χ3n) is 2.16.